The molecule has 3 heterocycles. The molecular formula is C29H33N3O5. The first-order valence-corrected chi connectivity index (χ1v) is 13.4. The highest BCUT2D eigenvalue weighted by Crippen LogP contribution is 2.34. The van der Waals surface area contributed by atoms with Crippen LogP contribution in [-0.4, -0.2) is 64.9 Å². The average Bonchev–Trinajstić information content (AvgIpc) is 3.20. The molecular weight excluding hydrogens is 470 g/mol. The Morgan fingerprint density at radius 3 is 2.57 bits per heavy atom. The molecule has 8 heteroatoms. The number of fused-ring (bicyclic) bond motifs is 1. The first-order valence-electron chi connectivity index (χ1n) is 13.4. The fourth-order valence-electron chi connectivity index (χ4n) is 6.07. The minimum atomic E-state index is -0.604. The zero-order valence-corrected chi connectivity index (χ0v) is 20.9. The lowest BCUT2D eigenvalue weighted by atomic mass is 9.89. The van der Waals surface area contributed by atoms with Crippen molar-refractivity contribution >= 4 is 17.7 Å². The number of carbonyl (C=O) groups is 3. The van der Waals surface area contributed by atoms with Gasteiger partial charge in [0.25, 0.3) is 5.91 Å². The van der Waals surface area contributed by atoms with Gasteiger partial charge in [-0.15, -0.1) is 0 Å². The van der Waals surface area contributed by atoms with E-state index >= 15 is 0 Å². The zero-order valence-electron chi connectivity index (χ0n) is 20.9. The van der Waals surface area contributed by atoms with Gasteiger partial charge in [-0.25, -0.2) is 0 Å². The van der Waals surface area contributed by atoms with Crippen molar-refractivity contribution in [3.63, 3.8) is 0 Å². The first-order chi connectivity index (χ1) is 18.0. The third-order valence-corrected chi connectivity index (χ3v) is 8.12. The number of ether oxygens (including phenoxy) is 2. The molecule has 1 saturated carbocycles. The topological polar surface area (TPSA) is 88.2 Å². The van der Waals surface area contributed by atoms with Gasteiger partial charge in [-0.3, -0.25) is 24.6 Å². The fourth-order valence-corrected chi connectivity index (χ4v) is 6.07. The predicted molar refractivity (Wildman–Crippen MR) is 136 cm³/mol. The molecule has 0 aromatic heterocycles. The quantitative estimate of drug-likeness (QED) is 0.585. The summed E-state index contributed by atoms with van der Waals surface area (Å²) in [5, 5.41) is 2.35. The molecule has 8 nitrogen and oxygen atoms in total. The van der Waals surface area contributed by atoms with E-state index in [1.165, 1.54) is 12.0 Å². The maximum atomic E-state index is 13.0. The van der Waals surface area contributed by atoms with E-state index in [1.54, 1.807) is 4.90 Å². The van der Waals surface area contributed by atoms with E-state index in [1.807, 2.05) is 36.4 Å². The highest BCUT2D eigenvalue weighted by molar-refractivity contribution is 6.05. The van der Waals surface area contributed by atoms with Crippen molar-refractivity contribution in [1.29, 1.82) is 0 Å². The molecule has 2 aromatic carbocycles. The maximum Gasteiger partial charge on any atom is 0.255 e. The van der Waals surface area contributed by atoms with Gasteiger partial charge in [0.1, 0.15) is 17.9 Å². The smallest absolute Gasteiger partial charge is 0.255 e. The summed E-state index contributed by atoms with van der Waals surface area (Å²) in [6.45, 7) is 2.86. The number of hydrogen-bond acceptors (Lipinski definition) is 6. The summed E-state index contributed by atoms with van der Waals surface area (Å²) in [6, 6.07) is 15.7. The Bertz CT molecular complexity index is 1180. The van der Waals surface area contributed by atoms with E-state index in [-0.39, 0.29) is 36.4 Å². The van der Waals surface area contributed by atoms with Crippen molar-refractivity contribution < 1.29 is 23.9 Å². The minimum absolute atomic E-state index is 0.102. The van der Waals surface area contributed by atoms with Gasteiger partial charge >= 0.3 is 0 Å². The molecule has 6 rings (SSSR count). The Morgan fingerprint density at radius 1 is 0.946 bits per heavy atom. The summed E-state index contributed by atoms with van der Waals surface area (Å²) in [7, 11) is 0. The second kappa shape index (κ2) is 10.3. The van der Waals surface area contributed by atoms with Crippen LogP contribution in [0, 0.1) is 0 Å². The highest BCUT2D eigenvalue weighted by Gasteiger charge is 2.41. The SMILES string of the molecule is O=C1CCC(N2Cc3cc(O[C@@H]4CCCC[C@@H]4N4CC(OCc5ccccc5)C4)ccc3C2=O)C(=O)N1. The molecule has 2 aromatic rings. The lowest BCUT2D eigenvalue weighted by Crippen LogP contribution is -2.61. The molecule has 4 aliphatic rings. The minimum Gasteiger partial charge on any atom is -0.489 e. The van der Waals surface area contributed by atoms with Crippen molar-refractivity contribution in [1.82, 2.24) is 15.1 Å². The van der Waals surface area contributed by atoms with Crippen LogP contribution in [0.1, 0.15) is 60.0 Å². The maximum absolute atomic E-state index is 13.0. The summed E-state index contributed by atoms with van der Waals surface area (Å²) >= 11 is 0. The molecule has 2 saturated heterocycles. The Morgan fingerprint density at radius 2 is 1.76 bits per heavy atom. The van der Waals surface area contributed by atoms with E-state index in [2.05, 4.69) is 22.3 Å². The lowest BCUT2D eigenvalue weighted by molar-refractivity contribution is -0.136. The van der Waals surface area contributed by atoms with Crippen LogP contribution in [0.15, 0.2) is 48.5 Å². The molecule has 194 valence electrons. The summed E-state index contributed by atoms with van der Waals surface area (Å²) in [5.41, 5.74) is 2.68. The van der Waals surface area contributed by atoms with Crippen LogP contribution in [0.2, 0.25) is 0 Å². The second-order valence-electron chi connectivity index (χ2n) is 10.6. The van der Waals surface area contributed by atoms with Crippen LogP contribution in [-0.2, 0) is 27.5 Å². The molecule has 0 bridgehead atoms. The lowest BCUT2D eigenvalue weighted by Gasteiger charge is -2.48. The summed E-state index contributed by atoms with van der Waals surface area (Å²) in [5.74, 6) is -0.0568. The molecule has 0 radical (unpaired) electrons. The molecule has 1 N–H and O–H groups in total. The number of nitrogens with one attached hydrogen (secondary N) is 1. The Balaban J connectivity index is 1.06. The van der Waals surface area contributed by atoms with Gasteiger partial charge in [0.15, 0.2) is 0 Å². The van der Waals surface area contributed by atoms with Crippen LogP contribution in [0.3, 0.4) is 0 Å². The van der Waals surface area contributed by atoms with Gasteiger partial charge in [-0.1, -0.05) is 36.8 Å². The van der Waals surface area contributed by atoms with Crippen molar-refractivity contribution in [3.8, 4) is 5.75 Å². The normalized spacial score (nSPS) is 26.5. The second-order valence-corrected chi connectivity index (χ2v) is 10.6. The summed E-state index contributed by atoms with van der Waals surface area (Å²) in [4.78, 5) is 40.9. The summed E-state index contributed by atoms with van der Waals surface area (Å²) in [6.07, 6.45) is 5.45. The molecule has 3 atom stereocenters. The molecule has 1 aliphatic carbocycles. The molecule has 37 heavy (non-hydrogen) atoms. The van der Waals surface area contributed by atoms with Crippen molar-refractivity contribution in [2.45, 2.75) is 76.0 Å². The van der Waals surface area contributed by atoms with E-state index in [0.29, 0.717) is 31.2 Å². The number of amides is 3. The van der Waals surface area contributed by atoms with Crippen LogP contribution in [0.25, 0.3) is 0 Å². The van der Waals surface area contributed by atoms with Crippen LogP contribution in [0.4, 0.5) is 0 Å². The van der Waals surface area contributed by atoms with Crippen LogP contribution in [0.5, 0.6) is 5.75 Å². The van der Waals surface area contributed by atoms with Gasteiger partial charge in [-0.05, 0) is 55.0 Å². The number of likely N-dealkylation sites (tertiary alicyclic amines) is 1. The molecule has 0 spiro atoms. The van der Waals surface area contributed by atoms with Crippen LogP contribution < -0.4 is 10.1 Å². The van der Waals surface area contributed by atoms with Gasteiger partial charge < -0.3 is 14.4 Å². The fraction of sp³-hybridized carbons (Fsp3) is 0.483. The number of benzene rings is 2. The monoisotopic (exact) mass is 503 g/mol. The summed E-state index contributed by atoms with van der Waals surface area (Å²) < 4.78 is 12.6. The number of nitrogens with zero attached hydrogens (tertiary/aromatic N) is 2. The van der Waals surface area contributed by atoms with E-state index in [9.17, 15) is 14.4 Å². The van der Waals surface area contributed by atoms with Crippen molar-refractivity contribution in [2.75, 3.05) is 13.1 Å². The molecule has 1 unspecified atom stereocenters. The highest BCUT2D eigenvalue weighted by atomic mass is 16.5. The third kappa shape index (κ3) is 5.00. The first kappa shape index (κ1) is 24.1. The number of imide groups is 1. The van der Waals surface area contributed by atoms with E-state index < -0.39 is 6.04 Å². The Labute approximate surface area is 216 Å². The number of carbonyl (C=O) groups excluding carboxylic acids is 3. The van der Waals surface area contributed by atoms with Gasteiger partial charge in [-0.2, -0.15) is 0 Å². The van der Waals surface area contributed by atoms with E-state index in [4.69, 9.17) is 9.47 Å². The van der Waals surface area contributed by atoms with E-state index in [0.717, 1.165) is 43.7 Å². The standard InChI is InChI=1S/C29H33N3O5/c33-27-13-12-25(28(34)30-27)32-15-20-14-21(10-11-23(20)29(32)35)37-26-9-5-4-8-24(26)31-16-22(17-31)36-18-19-6-2-1-3-7-19/h1-3,6-7,10-11,14,22,24-26H,4-5,8-9,12-13,15-18H2,(H,30,33,34)/t24-,25?,26+/m0/s1. The van der Waals surface area contributed by atoms with Crippen molar-refractivity contribution in [3.05, 3.63) is 65.2 Å². The molecule has 3 amide bonds. The van der Waals surface area contributed by atoms with Gasteiger partial charge in [0, 0.05) is 37.7 Å². The third-order valence-electron chi connectivity index (χ3n) is 8.12. The molecule has 3 aliphatic heterocycles. The molecule has 3 fully saturated rings. The predicted octanol–water partition coefficient (Wildman–Crippen LogP) is 3.04. The number of piperidine rings is 1. The number of rotatable bonds is 7. The van der Waals surface area contributed by atoms with Crippen molar-refractivity contribution in [2.24, 2.45) is 0 Å². The zero-order chi connectivity index (χ0) is 25.4. The Hall–Kier alpha value is -3.23. The van der Waals surface area contributed by atoms with Crippen LogP contribution >= 0.6 is 0 Å². The largest absolute Gasteiger partial charge is 0.489 e. The van der Waals surface area contributed by atoms with Gasteiger partial charge in [0.05, 0.1) is 12.7 Å². The van der Waals surface area contributed by atoms with Gasteiger partial charge in [0.2, 0.25) is 11.8 Å². The Kier molecular flexibility index (Phi) is 6.69. The number of hydrogen-bond donors (Lipinski definition) is 1. The average molecular weight is 504 g/mol.